The second-order valence-electron chi connectivity index (χ2n) is 4.73. The highest BCUT2D eigenvalue weighted by Crippen LogP contribution is 2.30. The lowest BCUT2D eigenvalue weighted by Crippen LogP contribution is -2.07. The molecular formula is C15H16N2O4. The van der Waals surface area contributed by atoms with Gasteiger partial charge in [-0.1, -0.05) is 18.2 Å². The first-order valence-corrected chi connectivity index (χ1v) is 6.55. The van der Waals surface area contributed by atoms with Crippen LogP contribution in [-0.4, -0.2) is 29.3 Å². The van der Waals surface area contributed by atoms with E-state index in [1.54, 1.807) is 0 Å². The average Bonchev–Trinajstić information content (AvgIpc) is 3.01. The van der Waals surface area contributed by atoms with Crippen LogP contribution < -0.4 is 9.47 Å². The Hall–Kier alpha value is -2.18. The Kier molecular flexibility index (Phi) is 3.72. The van der Waals surface area contributed by atoms with E-state index >= 15 is 0 Å². The molecular weight excluding hydrogens is 272 g/mol. The summed E-state index contributed by atoms with van der Waals surface area (Å²) in [6, 6.07) is 5.76. The first-order chi connectivity index (χ1) is 10.2. The lowest BCUT2D eigenvalue weighted by Gasteiger charge is -2.14. The van der Waals surface area contributed by atoms with E-state index in [1.807, 2.05) is 18.2 Å². The Bertz CT molecular complexity index is 660. The fourth-order valence-electron chi connectivity index (χ4n) is 2.32. The molecule has 0 bridgehead atoms. The van der Waals surface area contributed by atoms with Gasteiger partial charge in [0.25, 0.3) is 0 Å². The Morgan fingerprint density at radius 3 is 2.76 bits per heavy atom. The maximum absolute atomic E-state index is 10.5. The molecule has 110 valence electrons. The van der Waals surface area contributed by atoms with Crippen molar-refractivity contribution in [3.8, 4) is 11.8 Å². The van der Waals surface area contributed by atoms with Crippen LogP contribution in [0.25, 0.3) is 0 Å². The van der Waals surface area contributed by atoms with Crippen molar-refractivity contribution in [3.63, 3.8) is 0 Å². The van der Waals surface area contributed by atoms with Gasteiger partial charge in [0.05, 0.1) is 33.6 Å². The van der Waals surface area contributed by atoms with Crippen molar-refractivity contribution in [1.29, 1.82) is 0 Å². The van der Waals surface area contributed by atoms with E-state index in [1.165, 1.54) is 20.4 Å². The van der Waals surface area contributed by atoms with Crippen LogP contribution >= 0.6 is 0 Å². The molecule has 0 aliphatic carbocycles. The number of nitrogens with zero attached hydrogens (tertiary/aromatic N) is 2. The number of methoxy groups -OCH3 is 2. The Balaban J connectivity index is 1.96. The molecule has 1 atom stereocenters. The number of hydrogen-bond donors (Lipinski definition) is 1. The van der Waals surface area contributed by atoms with Crippen molar-refractivity contribution in [1.82, 2.24) is 9.97 Å². The minimum atomic E-state index is -0.913. The Morgan fingerprint density at radius 2 is 2.00 bits per heavy atom. The maximum atomic E-state index is 10.5. The lowest BCUT2D eigenvalue weighted by molar-refractivity contribution is 0.134. The monoisotopic (exact) mass is 288 g/mol. The molecule has 2 heterocycles. The molecule has 0 amide bonds. The molecule has 0 spiro atoms. The number of ether oxygens (including phenoxy) is 3. The smallest absolute Gasteiger partial charge is 0.241 e. The summed E-state index contributed by atoms with van der Waals surface area (Å²) in [5.74, 6) is 0.587. The van der Waals surface area contributed by atoms with Gasteiger partial charge in [0.2, 0.25) is 11.8 Å². The first-order valence-electron chi connectivity index (χ1n) is 6.55. The lowest BCUT2D eigenvalue weighted by atomic mass is 10.0. The van der Waals surface area contributed by atoms with Crippen molar-refractivity contribution in [2.75, 3.05) is 14.2 Å². The highest BCUT2D eigenvalue weighted by Gasteiger charge is 2.21. The summed E-state index contributed by atoms with van der Waals surface area (Å²) in [5.41, 5.74) is 3.33. The molecule has 1 aliphatic heterocycles. The fourth-order valence-corrected chi connectivity index (χ4v) is 2.32. The maximum Gasteiger partial charge on any atom is 0.241 e. The standard InChI is InChI=1S/C15H16N2O4/c1-19-12-6-16-13(15(17-12)20-2)14(18)9-3-4-10-7-21-8-11(10)5-9/h3-6,14,18H,7-8H2,1-2H3. The molecule has 0 saturated heterocycles. The molecule has 1 unspecified atom stereocenters. The number of benzene rings is 1. The van der Waals surface area contributed by atoms with E-state index in [-0.39, 0.29) is 5.88 Å². The van der Waals surface area contributed by atoms with E-state index in [9.17, 15) is 5.11 Å². The van der Waals surface area contributed by atoms with Gasteiger partial charge in [-0.05, 0) is 16.7 Å². The van der Waals surface area contributed by atoms with Crippen LogP contribution in [0.2, 0.25) is 0 Å². The van der Waals surface area contributed by atoms with Gasteiger partial charge in [-0.25, -0.2) is 4.98 Å². The summed E-state index contributed by atoms with van der Waals surface area (Å²) < 4.78 is 15.6. The third-order valence-electron chi connectivity index (χ3n) is 3.47. The summed E-state index contributed by atoms with van der Waals surface area (Å²) in [7, 11) is 2.98. The van der Waals surface area contributed by atoms with Gasteiger partial charge in [-0.3, -0.25) is 0 Å². The summed E-state index contributed by atoms with van der Waals surface area (Å²) in [4.78, 5) is 8.33. The van der Waals surface area contributed by atoms with Crippen LogP contribution in [0.4, 0.5) is 0 Å². The van der Waals surface area contributed by atoms with Crippen molar-refractivity contribution >= 4 is 0 Å². The van der Waals surface area contributed by atoms with Crippen molar-refractivity contribution in [2.45, 2.75) is 19.3 Å². The van der Waals surface area contributed by atoms with Crippen LogP contribution in [-0.2, 0) is 18.0 Å². The first kappa shape index (κ1) is 13.8. The van der Waals surface area contributed by atoms with E-state index in [2.05, 4.69) is 9.97 Å². The zero-order valence-electron chi connectivity index (χ0n) is 11.9. The molecule has 0 radical (unpaired) electrons. The summed E-state index contributed by atoms with van der Waals surface area (Å²) >= 11 is 0. The van der Waals surface area contributed by atoms with Crippen molar-refractivity contribution in [2.24, 2.45) is 0 Å². The predicted octanol–water partition coefficient (Wildman–Crippen LogP) is 1.61. The number of aliphatic hydroxyl groups is 1. The molecule has 3 rings (SSSR count). The third-order valence-corrected chi connectivity index (χ3v) is 3.47. The van der Waals surface area contributed by atoms with Crippen LogP contribution in [0.1, 0.15) is 28.5 Å². The number of aliphatic hydroxyl groups excluding tert-OH is 1. The third kappa shape index (κ3) is 2.55. The second kappa shape index (κ2) is 5.67. The molecule has 0 saturated carbocycles. The van der Waals surface area contributed by atoms with Gasteiger partial charge in [-0.2, -0.15) is 4.98 Å². The largest absolute Gasteiger partial charge is 0.480 e. The van der Waals surface area contributed by atoms with E-state index in [0.29, 0.717) is 24.8 Å². The SMILES string of the molecule is COc1cnc(C(O)c2ccc3c(c2)COC3)c(OC)n1. The Morgan fingerprint density at radius 1 is 1.19 bits per heavy atom. The molecule has 1 aromatic heterocycles. The minimum absolute atomic E-state index is 0.249. The zero-order chi connectivity index (χ0) is 14.8. The topological polar surface area (TPSA) is 73.7 Å². The molecule has 1 aliphatic rings. The molecule has 1 N–H and O–H groups in total. The molecule has 6 nitrogen and oxygen atoms in total. The van der Waals surface area contributed by atoms with Gasteiger partial charge in [-0.15, -0.1) is 0 Å². The molecule has 1 aromatic carbocycles. The highest BCUT2D eigenvalue weighted by molar-refractivity contribution is 5.38. The van der Waals surface area contributed by atoms with Crippen molar-refractivity contribution in [3.05, 3.63) is 46.8 Å². The van der Waals surface area contributed by atoms with E-state index in [4.69, 9.17) is 14.2 Å². The Labute approximate surface area is 122 Å². The van der Waals surface area contributed by atoms with Gasteiger partial charge in [0.15, 0.2) is 0 Å². The summed E-state index contributed by atoms with van der Waals surface area (Å²) in [6.07, 6.45) is 0.543. The summed E-state index contributed by atoms with van der Waals surface area (Å²) in [6.45, 7) is 1.19. The van der Waals surface area contributed by atoms with Crippen LogP contribution in [0.5, 0.6) is 11.8 Å². The number of rotatable bonds is 4. The number of fused-ring (bicyclic) bond motifs is 1. The average molecular weight is 288 g/mol. The minimum Gasteiger partial charge on any atom is -0.480 e. The van der Waals surface area contributed by atoms with Gasteiger partial charge >= 0.3 is 0 Å². The van der Waals surface area contributed by atoms with E-state index < -0.39 is 6.10 Å². The number of hydrogen-bond acceptors (Lipinski definition) is 6. The van der Waals surface area contributed by atoms with Gasteiger partial charge in [0.1, 0.15) is 11.8 Å². The number of aromatic nitrogens is 2. The molecule has 2 aromatic rings. The van der Waals surface area contributed by atoms with Crippen LogP contribution in [0.15, 0.2) is 24.4 Å². The van der Waals surface area contributed by atoms with Crippen LogP contribution in [0, 0.1) is 0 Å². The van der Waals surface area contributed by atoms with Gasteiger partial charge in [0, 0.05) is 0 Å². The second-order valence-corrected chi connectivity index (χ2v) is 4.73. The van der Waals surface area contributed by atoms with E-state index in [0.717, 1.165) is 16.7 Å². The normalized spacial score (nSPS) is 14.6. The zero-order valence-corrected chi connectivity index (χ0v) is 11.9. The van der Waals surface area contributed by atoms with Crippen LogP contribution in [0.3, 0.4) is 0 Å². The predicted molar refractivity (Wildman–Crippen MR) is 74.1 cm³/mol. The molecule has 21 heavy (non-hydrogen) atoms. The summed E-state index contributed by atoms with van der Waals surface area (Å²) in [5, 5.41) is 10.5. The van der Waals surface area contributed by atoms with Gasteiger partial charge < -0.3 is 19.3 Å². The molecule has 0 fully saturated rings. The fraction of sp³-hybridized carbons (Fsp3) is 0.333. The highest BCUT2D eigenvalue weighted by atomic mass is 16.5. The van der Waals surface area contributed by atoms with Crippen molar-refractivity contribution < 1.29 is 19.3 Å². The quantitative estimate of drug-likeness (QED) is 0.921. The molecule has 6 heteroatoms.